The van der Waals surface area contributed by atoms with Crippen molar-refractivity contribution in [2.24, 2.45) is 0 Å². The first-order valence-corrected chi connectivity index (χ1v) is 5.47. The lowest BCUT2D eigenvalue weighted by Gasteiger charge is -2.35. The van der Waals surface area contributed by atoms with E-state index in [1.54, 1.807) is 24.9 Å². The van der Waals surface area contributed by atoms with Crippen LogP contribution >= 0.6 is 0 Å². The molecule has 1 aromatic rings. The van der Waals surface area contributed by atoms with E-state index in [-0.39, 0.29) is 0 Å². The first kappa shape index (κ1) is 12.5. The lowest BCUT2D eigenvalue weighted by atomic mass is 10.0. The van der Waals surface area contributed by atoms with Crippen molar-refractivity contribution in [3.05, 3.63) is 12.4 Å². The summed E-state index contributed by atoms with van der Waals surface area (Å²) in [4.78, 5) is 17.3. The number of aliphatic carboxylic acids is 1. The van der Waals surface area contributed by atoms with Gasteiger partial charge in [-0.3, -0.25) is 0 Å². The van der Waals surface area contributed by atoms with Crippen LogP contribution in [0.15, 0.2) is 12.4 Å². The van der Waals surface area contributed by atoms with Gasteiger partial charge in [0.1, 0.15) is 5.54 Å². The van der Waals surface area contributed by atoms with Crippen molar-refractivity contribution >= 4 is 11.9 Å². The molecule has 0 bridgehead atoms. The third kappa shape index (κ3) is 2.03. The van der Waals surface area contributed by atoms with Crippen LogP contribution in [0.5, 0.6) is 0 Å². The predicted molar refractivity (Wildman–Crippen MR) is 62.6 cm³/mol. The van der Waals surface area contributed by atoms with Gasteiger partial charge in [-0.15, -0.1) is 0 Å². The van der Waals surface area contributed by atoms with Crippen LogP contribution in [0.4, 0.5) is 5.95 Å². The van der Waals surface area contributed by atoms with Crippen molar-refractivity contribution in [1.29, 1.82) is 0 Å². The molecule has 1 N–H and O–H groups in total. The zero-order valence-corrected chi connectivity index (χ0v) is 10.3. The van der Waals surface area contributed by atoms with Gasteiger partial charge in [0.25, 0.3) is 0 Å². The maximum Gasteiger partial charge on any atom is 0.329 e. The van der Waals surface area contributed by atoms with Crippen molar-refractivity contribution < 1.29 is 9.90 Å². The van der Waals surface area contributed by atoms with E-state index in [0.717, 1.165) is 6.54 Å². The number of carbonyl (C=O) groups is 1. The lowest BCUT2D eigenvalue weighted by molar-refractivity contribution is -0.142. The average molecular weight is 225 g/mol. The van der Waals surface area contributed by atoms with E-state index in [9.17, 15) is 9.90 Å². The fourth-order valence-corrected chi connectivity index (χ4v) is 1.70. The number of anilines is 1. The van der Waals surface area contributed by atoms with Gasteiger partial charge in [-0.2, -0.15) is 0 Å². The molecule has 5 nitrogen and oxygen atoms in total. The van der Waals surface area contributed by atoms with Crippen molar-refractivity contribution in [1.82, 2.24) is 9.55 Å². The summed E-state index contributed by atoms with van der Waals surface area (Å²) in [5.74, 6) is -0.141. The summed E-state index contributed by atoms with van der Waals surface area (Å²) < 4.78 is 1.94. The van der Waals surface area contributed by atoms with Gasteiger partial charge < -0.3 is 14.6 Å². The molecular weight excluding hydrogens is 206 g/mol. The highest BCUT2D eigenvalue weighted by molar-refractivity contribution is 5.81. The van der Waals surface area contributed by atoms with Crippen molar-refractivity contribution in [3.63, 3.8) is 0 Å². The Hall–Kier alpha value is -1.52. The van der Waals surface area contributed by atoms with E-state index in [4.69, 9.17) is 0 Å². The van der Waals surface area contributed by atoms with E-state index >= 15 is 0 Å². The third-order valence-electron chi connectivity index (χ3n) is 2.79. The molecule has 1 heterocycles. The number of likely N-dealkylation sites (N-methyl/N-ethyl adjacent to an activating group) is 1. The Bertz CT molecular complexity index is 371. The Kier molecular flexibility index (Phi) is 3.57. The second kappa shape index (κ2) is 4.55. The summed E-state index contributed by atoms with van der Waals surface area (Å²) in [6.07, 6.45) is 3.55. The number of hydrogen-bond donors (Lipinski definition) is 1. The van der Waals surface area contributed by atoms with E-state index in [1.165, 1.54) is 0 Å². The Morgan fingerprint density at radius 3 is 2.62 bits per heavy atom. The van der Waals surface area contributed by atoms with Crippen LogP contribution in [0.3, 0.4) is 0 Å². The maximum atomic E-state index is 11.2. The normalized spacial score (nSPS) is 11.5. The lowest BCUT2D eigenvalue weighted by Crippen LogP contribution is -2.51. The maximum absolute atomic E-state index is 11.2. The number of hydrogen-bond acceptors (Lipinski definition) is 3. The quantitative estimate of drug-likeness (QED) is 0.826. The average Bonchev–Trinajstić information content (AvgIpc) is 2.66. The minimum atomic E-state index is -0.951. The number of imidazole rings is 1. The summed E-state index contributed by atoms with van der Waals surface area (Å²) in [6, 6.07) is 0. The van der Waals surface area contributed by atoms with Gasteiger partial charge in [-0.1, -0.05) is 0 Å². The number of aromatic nitrogens is 2. The number of aryl methyl sites for hydroxylation is 1. The molecule has 0 unspecified atom stereocenters. The molecule has 5 heteroatoms. The Labute approximate surface area is 95.7 Å². The second-order valence-corrected chi connectivity index (χ2v) is 4.12. The van der Waals surface area contributed by atoms with Gasteiger partial charge in [0, 0.05) is 25.5 Å². The summed E-state index contributed by atoms with van der Waals surface area (Å²) in [7, 11) is 0. The molecule has 0 spiro atoms. The molecule has 0 aromatic carbocycles. The summed E-state index contributed by atoms with van der Waals surface area (Å²) in [5, 5.41) is 9.23. The first-order valence-electron chi connectivity index (χ1n) is 5.47. The van der Waals surface area contributed by atoms with Gasteiger partial charge in [0.05, 0.1) is 0 Å². The topological polar surface area (TPSA) is 58.4 Å². The highest BCUT2D eigenvalue weighted by atomic mass is 16.4. The van der Waals surface area contributed by atoms with Crippen LogP contribution in [0, 0.1) is 0 Å². The van der Waals surface area contributed by atoms with Crippen molar-refractivity contribution in [2.75, 3.05) is 11.4 Å². The van der Waals surface area contributed by atoms with Crippen LogP contribution in [0.25, 0.3) is 0 Å². The van der Waals surface area contributed by atoms with Gasteiger partial charge in [0.2, 0.25) is 5.95 Å². The fraction of sp³-hybridized carbons (Fsp3) is 0.636. The Morgan fingerprint density at radius 2 is 2.19 bits per heavy atom. The summed E-state index contributed by atoms with van der Waals surface area (Å²) in [6.45, 7) is 8.70. The molecule has 0 atom stereocenters. The molecule has 1 aromatic heterocycles. The Morgan fingerprint density at radius 1 is 1.56 bits per heavy atom. The van der Waals surface area contributed by atoms with Crippen molar-refractivity contribution in [2.45, 2.75) is 39.8 Å². The van der Waals surface area contributed by atoms with Gasteiger partial charge >= 0.3 is 5.97 Å². The van der Waals surface area contributed by atoms with E-state index in [0.29, 0.717) is 12.5 Å². The van der Waals surface area contributed by atoms with E-state index < -0.39 is 11.5 Å². The minimum absolute atomic E-state index is 0.607. The summed E-state index contributed by atoms with van der Waals surface area (Å²) >= 11 is 0. The standard InChI is InChI=1S/C11H19N3O2/c1-5-13-8-7-12-10(13)14(6-2)11(3,4)9(15)16/h7-8H,5-6H2,1-4H3,(H,15,16). The molecule has 0 amide bonds. The molecule has 0 saturated heterocycles. The van der Waals surface area contributed by atoms with Gasteiger partial charge in [-0.05, 0) is 27.7 Å². The highest BCUT2D eigenvalue weighted by Gasteiger charge is 2.35. The van der Waals surface area contributed by atoms with Crippen LogP contribution in [-0.2, 0) is 11.3 Å². The van der Waals surface area contributed by atoms with Crippen LogP contribution in [0.2, 0.25) is 0 Å². The fourth-order valence-electron chi connectivity index (χ4n) is 1.70. The number of carboxylic acids is 1. The molecule has 0 saturated carbocycles. The molecule has 0 fully saturated rings. The molecule has 90 valence electrons. The molecule has 1 rings (SSSR count). The van der Waals surface area contributed by atoms with Crippen LogP contribution < -0.4 is 4.90 Å². The smallest absolute Gasteiger partial charge is 0.329 e. The van der Waals surface area contributed by atoms with Crippen molar-refractivity contribution in [3.8, 4) is 0 Å². The van der Waals surface area contributed by atoms with Gasteiger partial charge in [0.15, 0.2) is 0 Å². The summed E-state index contributed by atoms with van der Waals surface area (Å²) in [5.41, 5.74) is -0.951. The molecule has 0 aliphatic heterocycles. The molecule has 16 heavy (non-hydrogen) atoms. The molecule has 0 aliphatic rings. The van der Waals surface area contributed by atoms with E-state index in [1.807, 2.05) is 24.6 Å². The minimum Gasteiger partial charge on any atom is -0.480 e. The highest BCUT2D eigenvalue weighted by Crippen LogP contribution is 2.22. The molecular formula is C11H19N3O2. The first-order chi connectivity index (χ1) is 7.45. The zero-order chi connectivity index (χ0) is 12.3. The largest absolute Gasteiger partial charge is 0.480 e. The number of rotatable bonds is 5. The van der Waals surface area contributed by atoms with Crippen LogP contribution in [-0.4, -0.2) is 32.7 Å². The van der Waals surface area contributed by atoms with Crippen LogP contribution in [0.1, 0.15) is 27.7 Å². The second-order valence-electron chi connectivity index (χ2n) is 4.12. The van der Waals surface area contributed by atoms with E-state index in [2.05, 4.69) is 4.98 Å². The Balaban J connectivity index is 3.12. The molecule has 0 aliphatic carbocycles. The third-order valence-corrected chi connectivity index (χ3v) is 2.79. The molecule has 0 radical (unpaired) electrons. The SMILES string of the molecule is CCN(c1nccn1CC)C(C)(C)C(=O)O. The number of nitrogens with zero attached hydrogens (tertiary/aromatic N) is 3. The number of carboxylic acid groups (broad SMARTS) is 1. The predicted octanol–water partition coefficient (Wildman–Crippen LogP) is 1.59. The van der Waals surface area contributed by atoms with Gasteiger partial charge in [-0.25, -0.2) is 9.78 Å². The zero-order valence-electron chi connectivity index (χ0n) is 10.3. The monoisotopic (exact) mass is 225 g/mol.